The van der Waals surface area contributed by atoms with Crippen LogP contribution in [-0.2, 0) is 9.84 Å². The van der Waals surface area contributed by atoms with Crippen molar-refractivity contribution in [3.8, 4) is 0 Å². The number of aromatic nitrogens is 4. The van der Waals surface area contributed by atoms with Gasteiger partial charge in [0.2, 0.25) is 15.0 Å². The van der Waals surface area contributed by atoms with E-state index >= 15 is 0 Å². The Balaban J connectivity index is 2.53. The van der Waals surface area contributed by atoms with Crippen molar-refractivity contribution in [1.82, 2.24) is 19.9 Å². The predicted molar refractivity (Wildman–Crippen MR) is 66.7 cm³/mol. The molecule has 18 heavy (non-hydrogen) atoms. The van der Waals surface area contributed by atoms with Crippen molar-refractivity contribution in [2.24, 2.45) is 0 Å². The number of imidazole rings is 1. The van der Waals surface area contributed by atoms with E-state index in [4.69, 9.17) is 5.73 Å². The third-order valence-corrected chi connectivity index (χ3v) is 3.44. The number of sulfone groups is 1. The molecule has 0 spiro atoms. The van der Waals surface area contributed by atoms with Gasteiger partial charge in [-0.3, -0.25) is 4.98 Å². The van der Waals surface area contributed by atoms with Crippen LogP contribution >= 0.6 is 0 Å². The van der Waals surface area contributed by atoms with Crippen LogP contribution in [0.25, 0.3) is 22.1 Å². The fourth-order valence-corrected chi connectivity index (χ4v) is 2.29. The Labute approximate surface area is 102 Å². The minimum absolute atomic E-state index is 0.135. The summed E-state index contributed by atoms with van der Waals surface area (Å²) in [7, 11) is -3.43. The maximum Gasteiger partial charge on any atom is 0.225 e. The topological polar surface area (TPSA) is 115 Å². The monoisotopic (exact) mass is 263 g/mol. The smallest absolute Gasteiger partial charge is 0.225 e. The number of aromatic amines is 1. The lowest BCUT2D eigenvalue weighted by molar-refractivity contribution is 0.595. The summed E-state index contributed by atoms with van der Waals surface area (Å²) < 4.78 is 22.9. The quantitative estimate of drug-likeness (QED) is 0.660. The van der Waals surface area contributed by atoms with E-state index in [2.05, 4.69) is 19.9 Å². The Bertz CT molecular complexity index is 868. The summed E-state index contributed by atoms with van der Waals surface area (Å²) in [6.07, 6.45) is 2.67. The van der Waals surface area contributed by atoms with E-state index in [1.54, 1.807) is 18.3 Å². The van der Waals surface area contributed by atoms with Crippen molar-refractivity contribution in [3.63, 3.8) is 0 Å². The van der Waals surface area contributed by atoms with Crippen LogP contribution in [0.2, 0.25) is 0 Å². The molecule has 3 aromatic heterocycles. The van der Waals surface area contributed by atoms with Gasteiger partial charge < -0.3 is 10.7 Å². The zero-order chi connectivity index (χ0) is 12.9. The van der Waals surface area contributed by atoms with Crippen LogP contribution < -0.4 is 5.73 Å². The number of hydrogen-bond acceptors (Lipinski definition) is 6. The number of nitrogen functional groups attached to an aromatic ring is 1. The molecule has 0 saturated heterocycles. The summed E-state index contributed by atoms with van der Waals surface area (Å²) in [5, 5.41) is -0.135. The van der Waals surface area contributed by atoms with Crippen LogP contribution in [0.4, 0.5) is 5.82 Å². The number of H-pyrrole nitrogens is 1. The van der Waals surface area contributed by atoms with Crippen LogP contribution in [-0.4, -0.2) is 34.6 Å². The summed E-state index contributed by atoms with van der Waals surface area (Å²) >= 11 is 0. The van der Waals surface area contributed by atoms with Gasteiger partial charge in [-0.2, -0.15) is 0 Å². The summed E-state index contributed by atoms with van der Waals surface area (Å²) in [6, 6.07) is 3.48. The summed E-state index contributed by atoms with van der Waals surface area (Å²) in [6.45, 7) is 0. The number of hydrogen-bond donors (Lipinski definition) is 2. The first kappa shape index (κ1) is 10.9. The summed E-state index contributed by atoms with van der Waals surface area (Å²) in [5.41, 5.74) is 7.70. The molecule has 0 aliphatic rings. The lowest BCUT2D eigenvalue weighted by Crippen LogP contribution is -1.99. The van der Waals surface area contributed by atoms with Crippen molar-refractivity contribution in [3.05, 3.63) is 18.3 Å². The molecule has 3 heterocycles. The number of anilines is 1. The lowest BCUT2D eigenvalue weighted by atomic mass is 10.3. The summed E-state index contributed by atoms with van der Waals surface area (Å²) in [5.74, 6) is 0.177. The first-order chi connectivity index (χ1) is 8.47. The number of fused-ring (bicyclic) bond motifs is 3. The van der Waals surface area contributed by atoms with Crippen LogP contribution in [0, 0.1) is 0 Å². The van der Waals surface area contributed by atoms with Gasteiger partial charge in [0.05, 0.1) is 11.0 Å². The maximum absolute atomic E-state index is 11.5. The lowest BCUT2D eigenvalue weighted by Gasteiger charge is -1.98. The second-order valence-electron chi connectivity index (χ2n) is 3.91. The maximum atomic E-state index is 11.5. The van der Waals surface area contributed by atoms with Crippen LogP contribution in [0.5, 0.6) is 0 Å². The van der Waals surface area contributed by atoms with E-state index in [9.17, 15) is 8.42 Å². The van der Waals surface area contributed by atoms with Gasteiger partial charge in [-0.05, 0) is 12.1 Å². The van der Waals surface area contributed by atoms with Gasteiger partial charge in [0, 0.05) is 12.5 Å². The second-order valence-corrected chi connectivity index (χ2v) is 5.84. The van der Waals surface area contributed by atoms with E-state index in [0.29, 0.717) is 22.1 Å². The minimum Gasteiger partial charge on any atom is -0.382 e. The third-order valence-electron chi connectivity index (χ3n) is 2.54. The highest BCUT2D eigenvalue weighted by Gasteiger charge is 2.17. The minimum atomic E-state index is -3.43. The Hall–Kier alpha value is -2.22. The fraction of sp³-hybridized carbons (Fsp3) is 0.100. The number of nitrogens with two attached hydrogens (primary N) is 1. The molecule has 7 nitrogen and oxygen atoms in total. The molecule has 92 valence electrons. The Morgan fingerprint density at radius 3 is 2.78 bits per heavy atom. The van der Waals surface area contributed by atoms with Gasteiger partial charge in [0.25, 0.3) is 0 Å². The van der Waals surface area contributed by atoms with Crippen LogP contribution in [0.1, 0.15) is 0 Å². The number of nitrogens with one attached hydrogen (secondary N) is 1. The molecule has 3 rings (SSSR count). The first-order valence-electron chi connectivity index (χ1n) is 5.07. The van der Waals surface area contributed by atoms with Crippen molar-refractivity contribution in [1.29, 1.82) is 0 Å². The molecule has 0 fully saturated rings. The van der Waals surface area contributed by atoms with Gasteiger partial charge in [0.1, 0.15) is 11.0 Å². The van der Waals surface area contributed by atoms with Crippen molar-refractivity contribution in [2.45, 2.75) is 5.16 Å². The zero-order valence-electron chi connectivity index (χ0n) is 9.38. The molecule has 0 amide bonds. The number of nitrogens with zero attached hydrogens (tertiary/aromatic N) is 3. The molecule has 0 unspecified atom stereocenters. The molecule has 8 heteroatoms. The van der Waals surface area contributed by atoms with Gasteiger partial charge in [0.15, 0.2) is 5.82 Å². The van der Waals surface area contributed by atoms with Crippen LogP contribution in [0.3, 0.4) is 0 Å². The predicted octanol–water partition coefficient (Wildman–Crippen LogP) is 0.492. The molecule has 0 radical (unpaired) electrons. The third kappa shape index (κ3) is 1.50. The molecule has 0 bridgehead atoms. The molecule has 0 aromatic carbocycles. The van der Waals surface area contributed by atoms with Crippen molar-refractivity contribution < 1.29 is 8.42 Å². The first-order valence-corrected chi connectivity index (χ1v) is 6.96. The Kier molecular flexibility index (Phi) is 2.05. The number of pyridine rings is 2. The fourth-order valence-electron chi connectivity index (χ4n) is 1.75. The highest BCUT2D eigenvalue weighted by atomic mass is 32.2. The normalized spacial score (nSPS) is 12.3. The van der Waals surface area contributed by atoms with Crippen molar-refractivity contribution in [2.75, 3.05) is 12.0 Å². The standard InChI is InChI=1S/C10H9N5O2S/c1-18(16,17)10-14-7-6-5(3-2-4-12-6)13-9(11)8(7)15-10/h2-4H,1H3,(H2,11,13)(H,14,15). The van der Waals surface area contributed by atoms with Gasteiger partial charge in [-0.1, -0.05) is 0 Å². The largest absolute Gasteiger partial charge is 0.382 e. The van der Waals surface area contributed by atoms with Crippen molar-refractivity contribution >= 4 is 37.7 Å². The number of rotatable bonds is 1. The van der Waals surface area contributed by atoms with Gasteiger partial charge >= 0.3 is 0 Å². The van der Waals surface area contributed by atoms with E-state index in [-0.39, 0.29) is 11.0 Å². The van der Waals surface area contributed by atoms with Crippen LogP contribution in [0.15, 0.2) is 23.5 Å². The van der Waals surface area contributed by atoms with Gasteiger partial charge in [-0.25, -0.2) is 18.4 Å². The molecule has 0 atom stereocenters. The van der Waals surface area contributed by atoms with E-state index in [1.807, 2.05) is 0 Å². The Morgan fingerprint density at radius 1 is 1.28 bits per heavy atom. The summed E-state index contributed by atoms with van der Waals surface area (Å²) in [4.78, 5) is 15.0. The second kappa shape index (κ2) is 3.39. The average Bonchev–Trinajstić information content (AvgIpc) is 2.74. The molecule has 0 aliphatic carbocycles. The molecule has 0 aliphatic heterocycles. The van der Waals surface area contributed by atoms with Gasteiger partial charge in [-0.15, -0.1) is 0 Å². The molecular formula is C10H9N5O2S. The molecular weight excluding hydrogens is 254 g/mol. The zero-order valence-corrected chi connectivity index (χ0v) is 10.2. The van der Waals surface area contributed by atoms with E-state index < -0.39 is 9.84 Å². The van der Waals surface area contributed by atoms with E-state index in [0.717, 1.165) is 6.26 Å². The molecule has 3 aromatic rings. The molecule has 3 N–H and O–H groups in total. The highest BCUT2D eigenvalue weighted by molar-refractivity contribution is 7.90. The SMILES string of the molecule is CS(=O)(=O)c1nc2c(N)nc3cccnc3c2[nH]1. The Morgan fingerprint density at radius 2 is 2.06 bits per heavy atom. The average molecular weight is 263 g/mol. The highest BCUT2D eigenvalue weighted by Crippen LogP contribution is 2.25. The molecule has 0 saturated carbocycles. The van der Waals surface area contributed by atoms with E-state index in [1.165, 1.54) is 0 Å².